The molecule has 4 atom stereocenters. The fraction of sp³-hybridized carbons (Fsp3) is 0.684. The molecule has 20 heavy (non-hydrogen) atoms. The molecule has 1 aromatic rings. The molecule has 0 aliphatic heterocycles. The summed E-state index contributed by atoms with van der Waals surface area (Å²) in [5, 5.41) is 4.02. The Kier molecular flexibility index (Phi) is 4.45. The van der Waals surface area contributed by atoms with Crippen LogP contribution < -0.4 is 5.32 Å². The molecule has 1 nitrogen and oxygen atoms in total. The van der Waals surface area contributed by atoms with Gasteiger partial charge in [0.15, 0.2) is 0 Å². The van der Waals surface area contributed by atoms with Crippen molar-refractivity contribution in [2.45, 2.75) is 70.9 Å². The topological polar surface area (TPSA) is 12.0 Å². The SMILES string of the molecule is CC1CCC(NC2CCCCc3ccccc32)C(C)C1. The molecule has 2 aliphatic carbocycles. The van der Waals surface area contributed by atoms with E-state index in [4.69, 9.17) is 0 Å². The summed E-state index contributed by atoms with van der Waals surface area (Å²) in [5.74, 6) is 1.75. The molecular formula is C19H29N. The lowest BCUT2D eigenvalue weighted by Crippen LogP contribution is -2.41. The van der Waals surface area contributed by atoms with Gasteiger partial charge < -0.3 is 5.32 Å². The van der Waals surface area contributed by atoms with E-state index in [2.05, 4.69) is 43.4 Å². The number of fused-ring (bicyclic) bond motifs is 1. The van der Waals surface area contributed by atoms with Gasteiger partial charge in [0.25, 0.3) is 0 Å². The Morgan fingerprint density at radius 3 is 2.70 bits per heavy atom. The number of nitrogens with one attached hydrogen (secondary N) is 1. The quantitative estimate of drug-likeness (QED) is 0.757. The molecule has 1 saturated carbocycles. The Bertz CT molecular complexity index is 439. The molecule has 1 fully saturated rings. The van der Waals surface area contributed by atoms with Gasteiger partial charge in [-0.2, -0.15) is 0 Å². The number of hydrogen-bond donors (Lipinski definition) is 1. The molecule has 0 radical (unpaired) electrons. The number of benzene rings is 1. The summed E-state index contributed by atoms with van der Waals surface area (Å²) in [6, 6.07) is 10.4. The van der Waals surface area contributed by atoms with Crippen LogP contribution in [0.15, 0.2) is 24.3 Å². The summed E-state index contributed by atoms with van der Waals surface area (Å²) in [5.41, 5.74) is 3.16. The highest BCUT2D eigenvalue weighted by atomic mass is 15.0. The van der Waals surface area contributed by atoms with E-state index in [1.807, 2.05) is 0 Å². The van der Waals surface area contributed by atoms with Crippen molar-refractivity contribution < 1.29 is 0 Å². The molecule has 1 heteroatoms. The first-order valence-electron chi connectivity index (χ1n) is 8.58. The van der Waals surface area contributed by atoms with E-state index in [0.29, 0.717) is 6.04 Å². The Hall–Kier alpha value is -0.820. The first kappa shape index (κ1) is 14.1. The van der Waals surface area contributed by atoms with Crippen molar-refractivity contribution in [2.75, 3.05) is 0 Å². The van der Waals surface area contributed by atoms with Crippen LogP contribution in [0.5, 0.6) is 0 Å². The predicted octanol–water partition coefficient (Wildman–Crippen LogP) is 4.87. The summed E-state index contributed by atoms with van der Waals surface area (Å²) < 4.78 is 0. The van der Waals surface area contributed by atoms with Gasteiger partial charge in [0.05, 0.1) is 0 Å². The molecule has 0 bridgehead atoms. The number of rotatable bonds is 2. The Morgan fingerprint density at radius 2 is 1.85 bits per heavy atom. The van der Waals surface area contributed by atoms with Crippen LogP contribution in [0.4, 0.5) is 0 Å². The second kappa shape index (κ2) is 6.30. The first-order chi connectivity index (χ1) is 9.74. The van der Waals surface area contributed by atoms with E-state index in [1.165, 1.54) is 44.9 Å². The van der Waals surface area contributed by atoms with E-state index in [1.54, 1.807) is 11.1 Å². The van der Waals surface area contributed by atoms with Crippen molar-refractivity contribution >= 4 is 0 Å². The van der Waals surface area contributed by atoms with Gasteiger partial charge in [0, 0.05) is 12.1 Å². The largest absolute Gasteiger partial charge is 0.307 e. The normalized spacial score (nSPS) is 34.3. The summed E-state index contributed by atoms with van der Waals surface area (Å²) in [4.78, 5) is 0. The zero-order valence-corrected chi connectivity index (χ0v) is 13.1. The molecule has 4 unspecified atom stereocenters. The standard InChI is InChI=1S/C19H29N/c1-14-11-12-18(15(2)13-14)20-19-10-6-4-8-16-7-3-5-9-17(16)19/h3,5,7,9,14-15,18-20H,4,6,8,10-13H2,1-2H3. The smallest absolute Gasteiger partial charge is 0.0325 e. The molecule has 0 saturated heterocycles. The lowest BCUT2D eigenvalue weighted by atomic mass is 9.79. The predicted molar refractivity (Wildman–Crippen MR) is 85.8 cm³/mol. The minimum absolute atomic E-state index is 0.592. The van der Waals surface area contributed by atoms with E-state index in [0.717, 1.165) is 17.9 Å². The number of aryl methyl sites for hydroxylation is 1. The summed E-state index contributed by atoms with van der Waals surface area (Å²) in [7, 11) is 0. The molecule has 2 aliphatic rings. The molecule has 3 rings (SSSR count). The Labute approximate surface area is 124 Å². The van der Waals surface area contributed by atoms with Crippen LogP contribution in [0, 0.1) is 11.8 Å². The van der Waals surface area contributed by atoms with Crippen LogP contribution >= 0.6 is 0 Å². The molecule has 1 aromatic carbocycles. The highest BCUT2D eigenvalue weighted by Gasteiger charge is 2.28. The van der Waals surface area contributed by atoms with Gasteiger partial charge in [-0.1, -0.05) is 44.5 Å². The summed E-state index contributed by atoms with van der Waals surface area (Å²) in [6.45, 7) is 4.85. The van der Waals surface area contributed by atoms with Crippen LogP contribution in [0.3, 0.4) is 0 Å². The first-order valence-corrected chi connectivity index (χ1v) is 8.58. The van der Waals surface area contributed by atoms with Gasteiger partial charge in [-0.25, -0.2) is 0 Å². The van der Waals surface area contributed by atoms with Crippen LogP contribution in [-0.4, -0.2) is 6.04 Å². The van der Waals surface area contributed by atoms with Gasteiger partial charge >= 0.3 is 0 Å². The molecular weight excluding hydrogens is 242 g/mol. The van der Waals surface area contributed by atoms with Crippen LogP contribution in [0.25, 0.3) is 0 Å². The van der Waals surface area contributed by atoms with E-state index in [-0.39, 0.29) is 0 Å². The summed E-state index contributed by atoms with van der Waals surface area (Å²) >= 11 is 0. The average Bonchev–Trinajstić information content (AvgIpc) is 2.65. The molecule has 1 N–H and O–H groups in total. The molecule has 0 heterocycles. The van der Waals surface area contributed by atoms with Crippen molar-refractivity contribution in [3.05, 3.63) is 35.4 Å². The fourth-order valence-electron chi connectivity index (χ4n) is 4.27. The zero-order chi connectivity index (χ0) is 13.9. The van der Waals surface area contributed by atoms with Crippen molar-refractivity contribution in [2.24, 2.45) is 11.8 Å². The maximum atomic E-state index is 4.02. The zero-order valence-electron chi connectivity index (χ0n) is 13.1. The van der Waals surface area contributed by atoms with Crippen LogP contribution in [0.2, 0.25) is 0 Å². The third-order valence-electron chi connectivity index (χ3n) is 5.47. The van der Waals surface area contributed by atoms with Crippen molar-refractivity contribution in [3.63, 3.8) is 0 Å². The minimum Gasteiger partial charge on any atom is -0.307 e. The highest BCUT2D eigenvalue weighted by molar-refractivity contribution is 5.31. The molecule has 0 spiro atoms. The highest BCUT2D eigenvalue weighted by Crippen LogP contribution is 2.33. The molecule has 0 aromatic heterocycles. The third-order valence-corrected chi connectivity index (χ3v) is 5.47. The van der Waals surface area contributed by atoms with Crippen molar-refractivity contribution in [3.8, 4) is 0 Å². The molecule has 110 valence electrons. The summed E-state index contributed by atoms with van der Waals surface area (Å²) in [6.07, 6.45) is 9.46. The van der Waals surface area contributed by atoms with Gasteiger partial charge in [-0.05, 0) is 61.5 Å². The van der Waals surface area contributed by atoms with Crippen LogP contribution in [0.1, 0.15) is 69.5 Å². The second-order valence-corrected chi connectivity index (χ2v) is 7.17. The maximum absolute atomic E-state index is 4.02. The average molecular weight is 271 g/mol. The van der Waals surface area contributed by atoms with Crippen molar-refractivity contribution in [1.29, 1.82) is 0 Å². The minimum atomic E-state index is 0.592. The second-order valence-electron chi connectivity index (χ2n) is 7.17. The number of hydrogen-bond acceptors (Lipinski definition) is 1. The van der Waals surface area contributed by atoms with E-state index >= 15 is 0 Å². The van der Waals surface area contributed by atoms with Gasteiger partial charge in [-0.15, -0.1) is 0 Å². The Balaban J connectivity index is 1.73. The van der Waals surface area contributed by atoms with Gasteiger partial charge in [-0.3, -0.25) is 0 Å². The monoisotopic (exact) mass is 271 g/mol. The van der Waals surface area contributed by atoms with Gasteiger partial charge in [0.1, 0.15) is 0 Å². The van der Waals surface area contributed by atoms with E-state index < -0.39 is 0 Å². The lowest BCUT2D eigenvalue weighted by molar-refractivity contribution is 0.210. The van der Waals surface area contributed by atoms with Crippen molar-refractivity contribution in [1.82, 2.24) is 5.32 Å². The fourth-order valence-corrected chi connectivity index (χ4v) is 4.27. The molecule has 0 amide bonds. The maximum Gasteiger partial charge on any atom is 0.0325 e. The lowest BCUT2D eigenvalue weighted by Gasteiger charge is -2.36. The Morgan fingerprint density at radius 1 is 1.00 bits per heavy atom. The van der Waals surface area contributed by atoms with Crippen LogP contribution in [-0.2, 0) is 6.42 Å². The van der Waals surface area contributed by atoms with Gasteiger partial charge in [0.2, 0.25) is 0 Å². The van der Waals surface area contributed by atoms with E-state index in [9.17, 15) is 0 Å². The third kappa shape index (κ3) is 3.09.